The summed E-state index contributed by atoms with van der Waals surface area (Å²) < 4.78 is 0. The summed E-state index contributed by atoms with van der Waals surface area (Å²) in [4.78, 5) is 4.39. The van der Waals surface area contributed by atoms with Gasteiger partial charge in [0.2, 0.25) is 0 Å². The Kier molecular flexibility index (Phi) is 7.28. The van der Waals surface area contributed by atoms with Gasteiger partial charge in [-0.25, -0.2) is 0 Å². The van der Waals surface area contributed by atoms with Crippen molar-refractivity contribution in [2.75, 3.05) is 17.3 Å². The second-order valence-corrected chi connectivity index (χ2v) is 6.81. The summed E-state index contributed by atoms with van der Waals surface area (Å²) in [5, 5.41) is 0.776. The molecule has 0 bridgehead atoms. The number of thioether (sulfide) groups is 2. The van der Waals surface area contributed by atoms with E-state index in [0.29, 0.717) is 0 Å². The summed E-state index contributed by atoms with van der Waals surface area (Å²) in [6, 6.07) is 0. The van der Waals surface area contributed by atoms with Crippen LogP contribution in [0.4, 0.5) is 0 Å². The Morgan fingerprint density at radius 1 is 1.33 bits per heavy atom. The Morgan fingerprint density at radius 3 is 2.87 bits per heavy atom. The molecule has 1 heterocycles. The third-order valence-corrected chi connectivity index (χ3v) is 4.53. The molecule has 0 aromatic heterocycles. The van der Waals surface area contributed by atoms with Crippen LogP contribution < -0.4 is 0 Å². The molecule has 1 aliphatic rings. The largest absolute Gasteiger partial charge is 0.266 e. The summed E-state index contributed by atoms with van der Waals surface area (Å²) in [6.45, 7) is 4.52. The van der Waals surface area contributed by atoms with Gasteiger partial charge in [0.15, 0.2) is 0 Å². The van der Waals surface area contributed by atoms with Crippen LogP contribution in [0.1, 0.15) is 33.1 Å². The Bertz CT molecular complexity index is 222. The molecule has 0 saturated heterocycles. The van der Waals surface area contributed by atoms with Crippen molar-refractivity contribution in [2.24, 2.45) is 4.99 Å². The van der Waals surface area contributed by atoms with Crippen molar-refractivity contribution < 1.29 is 0 Å². The van der Waals surface area contributed by atoms with Crippen LogP contribution in [0.2, 0.25) is 0 Å². The molecule has 0 amide bonds. The van der Waals surface area contributed by atoms with Gasteiger partial charge in [-0.2, -0.15) is 23.5 Å². The number of hydrogen-bond acceptors (Lipinski definition) is 3. The van der Waals surface area contributed by atoms with Crippen molar-refractivity contribution in [3.05, 3.63) is 12.3 Å². The molecular formula is C12H21NS2. The van der Waals surface area contributed by atoms with Gasteiger partial charge in [0.05, 0.1) is 0 Å². The van der Waals surface area contributed by atoms with Crippen molar-refractivity contribution in [3.63, 3.8) is 0 Å². The summed E-state index contributed by atoms with van der Waals surface area (Å²) >= 11 is 4.12. The fourth-order valence-corrected chi connectivity index (χ4v) is 3.28. The lowest BCUT2D eigenvalue weighted by Gasteiger charge is -2.07. The zero-order chi connectivity index (χ0) is 10.9. The maximum absolute atomic E-state index is 4.39. The molecule has 86 valence electrons. The van der Waals surface area contributed by atoms with Gasteiger partial charge in [-0.1, -0.05) is 19.9 Å². The van der Waals surface area contributed by atoms with Crippen LogP contribution in [0, 0.1) is 0 Å². The van der Waals surface area contributed by atoms with Gasteiger partial charge < -0.3 is 0 Å². The van der Waals surface area contributed by atoms with E-state index in [-0.39, 0.29) is 0 Å². The first-order valence-corrected chi connectivity index (χ1v) is 7.89. The summed E-state index contributed by atoms with van der Waals surface area (Å²) in [5.41, 5.74) is 1.39. The first-order chi connectivity index (χ1) is 7.29. The number of allylic oxidation sites excluding steroid dienone is 1. The van der Waals surface area contributed by atoms with Crippen molar-refractivity contribution in [1.29, 1.82) is 0 Å². The van der Waals surface area contributed by atoms with E-state index in [9.17, 15) is 0 Å². The van der Waals surface area contributed by atoms with Crippen molar-refractivity contribution in [2.45, 2.75) is 38.4 Å². The molecule has 1 aliphatic heterocycles. The molecule has 1 nitrogen and oxygen atoms in total. The maximum Gasteiger partial charge on any atom is 0.0227 e. The molecule has 0 unspecified atom stereocenters. The SMILES string of the molecule is CC(C)SCCSCCC1=NC=CCC1. The highest BCUT2D eigenvalue weighted by Gasteiger charge is 2.01. The smallest absolute Gasteiger partial charge is 0.0227 e. The fourth-order valence-electron chi connectivity index (χ4n) is 1.37. The molecule has 0 atom stereocenters. The highest BCUT2D eigenvalue weighted by molar-refractivity contribution is 8.03. The Labute approximate surface area is 102 Å². The average molecular weight is 243 g/mol. The second-order valence-electron chi connectivity index (χ2n) is 3.90. The molecule has 0 saturated carbocycles. The van der Waals surface area contributed by atoms with Gasteiger partial charge in [0.1, 0.15) is 0 Å². The second kappa shape index (κ2) is 8.28. The van der Waals surface area contributed by atoms with Crippen LogP contribution >= 0.6 is 23.5 Å². The topological polar surface area (TPSA) is 12.4 Å². The Hall–Kier alpha value is 0.110. The summed E-state index contributed by atoms with van der Waals surface area (Å²) in [5.74, 6) is 3.81. The van der Waals surface area contributed by atoms with E-state index < -0.39 is 0 Å². The first-order valence-electron chi connectivity index (χ1n) is 5.69. The predicted octanol–water partition coefficient (Wildman–Crippen LogP) is 4.00. The van der Waals surface area contributed by atoms with Crippen LogP contribution in [0.3, 0.4) is 0 Å². The molecule has 1 rings (SSSR count). The maximum atomic E-state index is 4.39. The summed E-state index contributed by atoms with van der Waals surface area (Å²) in [6.07, 6.45) is 7.65. The quantitative estimate of drug-likeness (QED) is 0.627. The first kappa shape index (κ1) is 13.2. The highest BCUT2D eigenvalue weighted by Crippen LogP contribution is 2.14. The number of aliphatic imine (C=N–C) groups is 1. The minimum Gasteiger partial charge on any atom is -0.266 e. The van der Waals surface area contributed by atoms with Gasteiger partial charge in [0, 0.05) is 23.4 Å². The van der Waals surface area contributed by atoms with E-state index in [1.807, 2.05) is 6.20 Å². The fraction of sp³-hybridized carbons (Fsp3) is 0.750. The van der Waals surface area contributed by atoms with Crippen LogP contribution in [0.15, 0.2) is 17.3 Å². The van der Waals surface area contributed by atoms with Gasteiger partial charge in [-0.3, -0.25) is 4.99 Å². The Morgan fingerprint density at radius 2 is 2.20 bits per heavy atom. The van der Waals surface area contributed by atoms with Crippen molar-refractivity contribution in [1.82, 2.24) is 0 Å². The standard InChI is InChI=1S/C12H21NS2/c1-11(2)15-10-9-14-8-6-12-5-3-4-7-13-12/h4,7,11H,3,5-6,8-10H2,1-2H3. The van der Waals surface area contributed by atoms with E-state index in [2.05, 4.69) is 48.4 Å². The highest BCUT2D eigenvalue weighted by atomic mass is 32.2. The minimum atomic E-state index is 0.776. The van der Waals surface area contributed by atoms with Gasteiger partial charge in [0.25, 0.3) is 0 Å². The molecule has 0 aromatic carbocycles. The lowest BCUT2D eigenvalue weighted by Crippen LogP contribution is -2.02. The van der Waals surface area contributed by atoms with E-state index >= 15 is 0 Å². The zero-order valence-corrected chi connectivity index (χ0v) is 11.4. The average Bonchev–Trinajstić information content (AvgIpc) is 2.24. The van der Waals surface area contributed by atoms with E-state index in [4.69, 9.17) is 0 Å². The van der Waals surface area contributed by atoms with E-state index in [1.54, 1.807) is 0 Å². The van der Waals surface area contributed by atoms with Crippen molar-refractivity contribution >= 4 is 29.2 Å². The molecule has 3 heteroatoms. The molecule has 15 heavy (non-hydrogen) atoms. The predicted molar refractivity (Wildman–Crippen MR) is 75.3 cm³/mol. The molecule has 0 spiro atoms. The van der Waals surface area contributed by atoms with Crippen LogP contribution in [-0.4, -0.2) is 28.2 Å². The molecular weight excluding hydrogens is 222 g/mol. The zero-order valence-electron chi connectivity index (χ0n) is 9.74. The minimum absolute atomic E-state index is 0.776. The molecule has 0 N–H and O–H groups in total. The molecule has 0 aromatic rings. The van der Waals surface area contributed by atoms with Gasteiger partial charge >= 0.3 is 0 Å². The van der Waals surface area contributed by atoms with Crippen molar-refractivity contribution in [3.8, 4) is 0 Å². The molecule has 0 aliphatic carbocycles. The van der Waals surface area contributed by atoms with E-state index in [1.165, 1.54) is 42.2 Å². The van der Waals surface area contributed by atoms with Gasteiger partial charge in [-0.05, 0) is 30.3 Å². The third-order valence-electron chi connectivity index (χ3n) is 2.18. The van der Waals surface area contributed by atoms with E-state index in [0.717, 1.165) is 5.25 Å². The lowest BCUT2D eigenvalue weighted by atomic mass is 10.1. The van der Waals surface area contributed by atoms with Crippen LogP contribution in [0.25, 0.3) is 0 Å². The molecule has 0 radical (unpaired) electrons. The number of hydrogen-bond donors (Lipinski definition) is 0. The monoisotopic (exact) mass is 243 g/mol. The normalized spacial score (nSPS) is 15.8. The van der Waals surface area contributed by atoms with Crippen LogP contribution in [0.5, 0.6) is 0 Å². The third kappa shape index (κ3) is 7.07. The molecule has 0 fully saturated rings. The Balaban J connectivity index is 1.92. The number of nitrogens with zero attached hydrogens (tertiary/aromatic N) is 1. The van der Waals surface area contributed by atoms with Crippen LogP contribution in [-0.2, 0) is 0 Å². The summed E-state index contributed by atoms with van der Waals surface area (Å²) in [7, 11) is 0. The number of rotatable bonds is 7. The lowest BCUT2D eigenvalue weighted by molar-refractivity contribution is 1.02. The van der Waals surface area contributed by atoms with Gasteiger partial charge in [-0.15, -0.1) is 0 Å².